The fourth-order valence-corrected chi connectivity index (χ4v) is 1.92. The summed E-state index contributed by atoms with van der Waals surface area (Å²) in [5, 5.41) is 12.3. The minimum absolute atomic E-state index is 0.0147. The highest BCUT2D eigenvalue weighted by Gasteiger charge is 2.32. The molecule has 1 aromatic rings. The molecule has 3 nitrogen and oxygen atoms in total. The molecule has 0 bridgehead atoms. The number of nitrogens with one attached hydrogen (secondary N) is 1. The summed E-state index contributed by atoms with van der Waals surface area (Å²) in [4.78, 5) is 11.8. The van der Waals surface area contributed by atoms with Gasteiger partial charge < -0.3 is 10.4 Å². The van der Waals surface area contributed by atoms with E-state index >= 15 is 0 Å². The molecule has 0 aliphatic heterocycles. The number of aliphatic hydroxyl groups is 1. The number of fused-ring (bicyclic) bond motifs is 1. The standard InChI is InChI=1S/C13H17NO2/c1-13(2,16)8-14-12(15)11-7-9-5-3-4-6-10(9)11/h3-6,11,16H,7-8H2,1-2H3,(H,14,15). The second-order valence-electron chi connectivity index (χ2n) is 4.99. The molecule has 0 heterocycles. The van der Waals surface area contributed by atoms with Gasteiger partial charge in [0.05, 0.1) is 11.5 Å². The molecule has 1 atom stereocenters. The van der Waals surface area contributed by atoms with Gasteiger partial charge in [-0.1, -0.05) is 24.3 Å². The van der Waals surface area contributed by atoms with Crippen LogP contribution in [0, 0.1) is 0 Å². The van der Waals surface area contributed by atoms with Crippen LogP contribution in [0.3, 0.4) is 0 Å². The van der Waals surface area contributed by atoms with Crippen LogP contribution in [-0.4, -0.2) is 23.2 Å². The molecule has 1 aromatic carbocycles. The largest absolute Gasteiger partial charge is 0.389 e. The SMILES string of the molecule is CC(C)(O)CNC(=O)C1Cc2ccccc21. The van der Waals surface area contributed by atoms with Crippen LogP contribution in [0.4, 0.5) is 0 Å². The van der Waals surface area contributed by atoms with E-state index in [0.29, 0.717) is 6.54 Å². The van der Waals surface area contributed by atoms with Gasteiger partial charge in [-0.25, -0.2) is 0 Å². The topological polar surface area (TPSA) is 49.3 Å². The summed E-state index contributed by atoms with van der Waals surface area (Å²) in [5.74, 6) is -0.0145. The lowest BCUT2D eigenvalue weighted by atomic mass is 9.77. The molecule has 86 valence electrons. The van der Waals surface area contributed by atoms with Gasteiger partial charge in [0.15, 0.2) is 0 Å². The van der Waals surface area contributed by atoms with Crippen LogP contribution in [0.25, 0.3) is 0 Å². The zero-order valence-electron chi connectivity index (χ0n) is 9.66. The van der Waals surface area contributed by atoms with E-state index in [1.807, 2.05) is 18.2 Å². The summed E-state index contributed by atoms with van der Waals surface area (Å²) >= 11 is 0. The van der Waals surface area contributed by atoms with E-state index in [2.05, 4.69) is 11.4 Å². The molecule has 2 rings (SSSR count). The molecule has 0 spiro atoms. The van der Waals surface area contributed by atoms with Gasteiger partial charge in [0.2, 0.25) is 5.91 Å². The van der Waals surface area contributed by atoms with Crippen molar-refractivity contribution < 1.29 is 9.90 Å². The van der Waals surface area contributed by atoms with Crippen LogP contribution in [0.15, 0.2) is 24.3 Å². The van der Waals surface area contributed by atoms with E-state index < -0.39 is 5.60 Å². The molecule has 2 N–H and O–H groups in total. The Bertz CT molecular complexity index is 407. The van der Waals surface area contributed by atoms with Crippen LogP contribution in [-0.2, 0) is 11.2 Å². The predicted octanol–water partition coefficient (Wildman–Crippen LogP) is 1.21. The van der Waals surface area contributed by atoms with Crippen molar-refractivity contribution in [2.24, 2.45) is 0 Å². The first kappa shape index (κ1) is 11.1. The van der Waals surface area contributed by atoms with Crippen LogP contribution < -0.4 is 5.32 Å². The van der Waals surface area contributed by atoms with Crippen LogP contribution in [0.5, 0.6) is 0 Å². The summed E-state index contributed by atoms with van der Waals surface area (Å²) < 4.78 is 0. The van der Waals surface area contributed by atoms with E-state index in [1.165, 1.54) is 5.56 Å². The molecular formula is C13H17NO2. The van der Waals surface area contributed by atoms with Crippen molar-refractivity contribution in [3.05, 3.63) is 35.4 Å². The molecule has 1 aliphatic carbocycles. The molecule has 1 aliphatic rings. The van der Waals surface area contributed by atoms with Gasteiger partial charge >= 0.3 is 0 Å². The molecule has 0 saturated carbocycles. The van der Waals surface area contributed by atoms with Gasteiger partial charge in [-0.2, -0.15) is 0 Å². The number of amides is 1. The normalized spacial score (nSPS) is 18.6. The molecule has 1 unspecified atom stereocenters. The lowest BCUT2D eigenvalue weighted by Gasteiger charge is -2.30. The Kier molecular flexibility index (Phi) is 2.72. The molecule has 0 aromatic heterocycles. The number of benzene rings is 1. The second-order valence-corrected chi connectivity index (χ2v) is 4.99. The summed E-state index contributed by atoms with van der Waals surface area (Å²) in [7, 11) is 0. The van der Waals surface area contributed by atoms with Crippen LogP contribution in [0.2, 0.25) is 0 Å². The van der Waals surface area contributed by atoms with Gasteiger partial charge in [-0.05, 0) is 31.4 Å². The third kappa shape index (κ3) is 2.25. The summed E-state index contributed by atoms with van der Waals surface area (Å²) in [6, 6.07) is 7.99. The Morgan fingerprint density at radius 2 is 2.19 bits per heavy atom. The summed E-state index contributed by atoms with van der Waals surface area (Å²) in [6.45, 7) is 3.66. The van der Waals surface area contributed by atoms with Crippen LogP contribution >= 0.6 is 0 Å². The zero-order chi connectivity index (χ0) is 11.8. The van der Waals surface area contributed by atoms with Gasteiger partial charge in [-0.3, -0.25) is 4.79 Å². The van der Waals surface area contributed by atoms with Gasteiger partial charge in [0.1, 0.15) is 0 Å². The average Bonchev–Trinajstić information content (AvgIpc) is 2.16. The van der Waals surface area contributed by atoms with Gasteiger partial charge in [0.25, 0.3) is 0 Å². The lowest BCUT2D eigenvalue weighted by molar-refractivity contribution is -0.124. The Balaban J connectivity index is 1.95. The molecular weight excluding hydrogens is 202 g/mol. The molecule has 1 amide bonds. The maximum absolute atomic E-state index is 11.8. The van der Waals surface area contributed by atoms with E-state index in [-0.39, 0.29) is 11.8 Å². The Hall–Kier alpha value is -1.35. The fraction of sp³-hybridized carbons (Fsp3) is 0.462. The first-order chi connectivity index (χ1) is 7.47. The third-order valence-electron chi connectivity index (χ3n) is 2.87. The van der Waals surface area contributed by atoms with Crippen molar-refractivity contribution in [1.29, 1.82) is 0 Å². The van der Waals surface area contributed by atoms with Gasteiger partial charge in [-0.15, -0.1) is 0 Å². The van der Waals surface area contributed by atoms with E-state index in [9.17, 15) is 9.90 Å². The first-order valence-corrected chi connectivity index (χ1v) is 5.55. The zero-order valence-corrected chi connectivity index (χ0v) is 9.66. The highest BCUT2D eigenvalue weighted by Crippen LogP contribution is 2.34. The fourth-order valence-electron chi connectivity index (χ4n) is 1.92. The minimum atomic E-state index is -0.848. The van der Waals surface area contributed by atoms with Crippen molar-refractivity contribution >= 4 is 5.91 Å². The monoisotopic (exact) mass is 219 g/mol. The molecule has 0 fully saturated rings. The van der Waals surface area contributed by atoms with Gasteiger partial charge in [0, 0.05) is 6.54 Å². The second kappa shape index (κ2) is 3.91. The highest BCUT2D eigenvalue weighted by atomic mass is 16.3. The van der Waals surface area contributed by atoms with E-state index in [0.717, 1.165) is 12.0 Å². The lowest BCUT2D eigenvalue weighted by Crippen LogP contribution is -2.42. The predicted molar refractivity (Wildman–Crippen MR) is 62.2 cm³/mol. The highest BCUT2D eigenvalue weighted by molar-refractivity contribution is 5.86. The summed E-state index contributed by atoms with van der Waals surface area (Å²) in [5.41, 5.74) is 1.53. The molecule has 0 radical (unpaired) electrons. The quantitative estimate of drug-likeness (QED) is 0.803. The summed E-state index contributed by atoms with van der Waals surface area (Å²) in [6.07, 6.45) is 0.813. The van der Waals surface area contributed by atoms with E-state index in [1.54, 1.807) is 13.8 Å². The molecule has 3 heteroatoms. The number of rotatable bonds is 3. The maximum Gasteiger partial charge on any atom is 0.227 e. The van der Waals surface area contributed by atoms with Crippen LogP contribution in [0.1, 0.15) is 30.9 Å². The van der Waals surface area contributed by atoms with Crippen molar-refractivity contribution in [2.75, 3.05) is 6.54 Å². The first-order valence-electron chi connectivity index (χ1n) is 5.55. The van der Waals surface area contributed by atoms with Crippen molar-refractivity contribution in [1.82, 2.24) is 5.32 Å². The van der Waals surface area contributed by atoms with E-state index in [4.69, 9.17) is 0 Å². The Morgan fingerprint density at radius 1 is 1.50 bits per heavy atom. The number of hydrogen-bond acceptors (Lipinski definition) is 2. The number of carbonyl (C=O) groups is 1. The molecule has 0 saturated heterocycles. The number of carbonyl (C=O) groups excluding carboxylic acids is 1. The maximum atomic E-state index is 11.8. The van der Waals surface area contributed by atoms with Crippen molar-refractivity contribution in [3.63, 3.8) is 0 Å². The Labute approximate surface area is 95.5 Å². The van der Waals surface area contributed by atoms with Crippen molar-refractivity contribution in [3.8, 4) is 0 Å². The smallest absolute Gasteiger partial charge is 0.227 e. The third-order valence-corrected chi connectivity index (χ3v) is 2.87. The number of hydrogen-bond donors (Lipinski definition) is 2. The molecule has 16 heavy (non-hydrogen) atoms. The minimum Gasteiger partial charge on any atom is -0.389 e. The van der Waals surface area contributed by atoms with Crippen molar-refractivity contribution in [2.45, 2.75) is 31.8 Å². The Morgan fingerprint density at radius 3 is 2.81 bits per heavy atom. The average molecular weight is 219 g/mol.